The molecule has 1 aromatic heterocycles. The van der Waals surface area contributed by atoms with E-state index >= 15 is 0 Å². The largest absolute Gasteiger partial charge is 0.508 e. The van der Waals surface area contributed by atoms with Crippen molar-refractivity contribution in [1.29, 1.82) is 0 Å². The van der Waals surface area contributed by atoms with E-state index in [9.17, 15) is 9.50 Å². The number of rotatable bonds is 13. The number of ether oxygens (including phenoxy) is 1. The molecule has 0 spiro atoms. The Morgan fingerprint density at radius 1 is 1.14 bits per heavy atom. The van der Waals surface area contributed by atoms with Crippen molar-refractivity contribution < 1.29 is 17.0 Å². The monoisotopic (exact) mass is 589 g/mol. The third-order valence-corrected chi connectivity index (χ3v) is 9.22. The smallest absolute Gasteiger partial charge is 0.317 e. The lowest BCUT2D eigenvalue weighted by Crippen LogP contribution is -2.46. The Morgan fingerprint density at radius 2 is 1.95 bits per heavy atom. The van der Waals surface area contributed by atoms with Crippen LogP contribution in [0.2, 0.25) is 0 Å². The zero-order chi connectivity index (χ0) is 31.8. The van der Waals surface area contributed by atoms with Gasteiger partial charge >= 0.3 is 6.01 Å². The number of likely N-dealkylation sites (tertiary alicyclic amines) is 1. The number of nitrogens with zero attached hydrogens (tertiary/aromatic N) is 4. The van der Waals surface area contributed by atoms with Gasteiger partial charge in [-0.2, -0.15) is 9.97 Å². The van der Waals surface area contributed by atoms with Crippen LogP contribution in [-0.4, -0.2) is 46.2 Å². The number of hydrogen-bond acceptors (Lipinski definition) is 7. The third-order valence-electron chi connectivity index (χ3n) is 9.22. The molecular weight excluding hydrogens is 541 g/mol. The molecule has 0 radical (unpaired) electrons. The number of aromatic nitrogens is 2. The molecule has 43 heavy (non-hydrogen) atoms. The van der Waals surface area contributed by atoms with E-state index < -0.39 is 12.0 Å². The highest BCUT2D eigenvalue weighted by Gasteiger charge is 2.45. The predicted molar refractivity (Wildman–Crippen MR) is 171 cm³/mol. The molecule has 1 saturated heterocycles. The highest BCUT2D eigenvalue weighted by Crippen LogP contribution is 2.47. The molecule has 6 rings (SSSR count). The summed E-state index contributed by atoms with van der Waals surface area (Å²) in [6.07, 6.45) is 13.6. The molecule has 1 aliphatic carbocycles. The van der Waals surface area contributed by atoms with Crippen molar-refractivity contribution in [2.24, 2.45) is 5.41 Å². The number of hydrogen-bond donors (Lipinski definition) is 2. The minimum Gasteiger partial charge on any atom is -0.508 e. The van der Waals surface area contributed by atoms with Crippen molar-refractivity contribution in [2.75, 3.05) is 31.2 Å². The topological polar surface area (TPSA) is 73.8 Å². The number of nitrogens with one attached hydrogen (secondary N) is 1. The lowest BCUT2D eigenvalue weighted by Gasteiger charge is -2.26. The highest BCUT2D eigenvalue weighted by molar-refractivity contribution is 5.99. The second kappa shape index (κ2) is 12.7. The quantitative estimate of drug-likeness (QED) is 0.242. The van der Waals surface area contributed by atoms with Crippen LogP contribution >= 0.6 is 0 Å². The SMILES string of the molecule is [2H]C([2H])(Oc1nc(C(C)CCCCCC)c2c(n1)=CN(c1cc(O)cc3ccc(F)c(CC)c13)NC=2)C1(CN2CCCC2)CC1. The van der Waals surface area contributed by atoms with Gasteiger partial charge in [-0.1, -0.05) is 52.5 Å². The van der Waals surface area contributed by atoms with Crippen LogP contribution in [0.3, 0.4) is 0 Å². The first-order chi connectivity index (χ1) is 21.6. The first kappa shape index (κ1) is 27.2. The molecule has 2 aliphatic heterocycles. The lowest BCUT2D eigenvalue weighted by atomic mass is 9.97. The summed E-state index contributed by atoms with van der Waals surface area (Å²) in [6, 6.07) is 6.42. The van der Waals surface area contributed by atoms with E-state index in [4.69, 9.17) is 17.4 Å². The van der Waals surface area contributed by atoms with Crippen LogP contribution in [0.15, 0.2) is 24.3 Å². The summed E-state index contributed by atoms with van der Waals surface area (Å²) in [7, 11) is 0. The molecule has 7 nitrogen and oxygen atoms in total. The molecule has 8 heteroatoms. The molecule has 0 bridgehead atoms. The standard InChI is InChI=1S/C35H46FN5O2/c1-4-6-7-8-11-24(3)33-28-20-37-41(31-19-26(42)18-25-12-13-29(36)27(5-2)32(25)31)21-30(28)38-34(39-33)43-23-35(14-15-35)22-40-16-9-10-17-40/h12-13,18-21,24,37,42H,4-11,14-17,22-23H2,1-3H3/i23D2. The van der Waals surface area contributed by atoms with Crippen LogP contribution < -0.4 is 25.7 Å². The van der Waals surface area contributed by atoms with Crippen LogP contribution in [0.1, 0.15) is 98.5 Å². The van der Waals surface area contributed by atoms with E-state index in [2.05, 4.69) is 24.2 Å². The van der Waals surface area contributed by atoms with Gasteiger partial charge in [0, 0.05) is 34.8 Å². The number of benzene rings is 2. The molecule has 3 aromatic rings. The molecule has 2 fully saturated rings. The van der Waals surface area contributed by atoms with E-state index in [1.807, 2.05) is 19.3 Å². The zero-order valence-corrected chi connectivity index (χ0v) is 25.8. The van der Waals surface area contributed by atoms with E-state index in [1.165, 1.54) is 18.9 Å². The number of hydrazine groups is 1. The number of aryl methyl sites for hydroxylation is 1. The number of phenolic OH excluding ortho intramolecular Hbond substituents is 1. The van der Waals surface area contributed by atoms with E-state index in [0.29, 0.717) is 35.0 Å². The fraction of sp³-hybridized carbons (Fsp3) is 0.543. The van der Waals surface area contributed by atoms with E-state index in [1.54, 1.807) is 23.2 Å². The summed E-state index contributed by atoms with van der Waals surface area (Å²) in [6.45, 7) is 7.05. The van der Waals surface area contributed by atoms with Gasteiger partial charge in [0.15, 0.2) is 0 Å². The number of phenols is 1. The van der Waals surface area contributed by atoms with E-state index in [-0.39, 0.29) is 23.5 Å². The molecule has 0 amide bonds. The summed E-state index contributed by atoms with van der Waals surface area (Å²) in [5, 5.41) is 15.2. The van der Waals surface area contributed by atoms with Crippen LogP contribution in [0.4, 0.5) is 10.1 Å². The molecule has 2 aromatic carbocycles. The summed E-state index contributed by atoms with van der Waals surface area (Å²) < 4.78 is 39.2. The maximum absolute atomic E-state index is 14.9. The van der Waals surface area contributed by atoms with Gasteiger partial charge in [-0.25, -0.2) is 4.39 Å². The van der Waals surface area contributed by atoms with Crippen molar-refractivity contribution >= 4 is 28.9 Å². The summed E-state index contributed by atoms with van der Waals surface area (Å²) >= 11 is 0. The predicted octanol–water partition coefficient (Wildman–Crippen LogP) is 5.87. The summed E-state index contributed by atoms with van der Waals surface area (Å²) in [5.74, 6) is -0.117. The van der Waals surface area contributed by atoms with Gasteiger partial charge in [-0.15, -0.1) is 0 Å². The molecule has 3 heterocycles. The van der Waals surface area contributed by atoms with Crippen LogP contribution in [0, 0.1) is 11.2 Å². The van der Waals surface area contributed by atoms with Crippen molar-refractivity contribution in [1.82, 2.24) is 20.3 Å². The van der Waals surface area contributed by atoms with Crippen LogP contribution in [-0.2, 0) is 6.42 Å². The number of halogens is 1. The number of fused-ring (bicyclic) bond motifs is 2. The minimum absolute atomic E-state index is 0.0365. The maximum atomic E-state index is 14.9. The number of aromatic hydroxyl groups is 1. The lowest BCUT2D eigenvalue weighted by molar-refractivity contribution is 0.169. The normalized spacial score (nSPS) is 19.1. The first-order valence-corrected chi connectivity index (χ1v) is 16.2. The minimum atomic E-state index is -1.92. The van der Waals surface area contributed by atoms with Gasteiger partial charge < -0.3 is 20.2 Å². The van der Waals surface area contributed by atoms with Crippen molar-refractivity contribution in [2.45, 2.75) is 90.9 Å². The number of anilines is 1. The zero-order valence-electron chi connectivity index (χ0n) is 27.8. The molecule has 3 aliphatic rings. The van der Waals surface area contributed by atoms with Crippen molar-refractivity contribution in [3.63, 3.8) is 0 Å². The average Bonchev–Trinajstić information content (AvgIpc) is 3.64. The summed E-state index contributed by atoms with van der Waals surface area (Å²) in [5.41, 5.74) is 4.73. The fourth-order valence-electron chi connectivity index (χ4n) is 6.58. The fourth-order valence-corrected chi connectivity index (χ4v) is 6.58. The molecule has 230 valence electrons. The Kier molecular flexibility index (Phi) is 8.02. The van der Waals surface area contributed by atoms with Gasteiger partial charge in [-0.3, -0.25) is 5.01 Å². The van der Waals surface area contributed by atoms with Gasteiger partial charge in [0.2, 0.25) is 0 Å². The molecule has 1 unspecified atom stereocenters. The van der Waals surface area contributed by atoms with Crippen LogP contribution in [0.25, 0.3) is 23.2 Å². The summed E-state index contributed by atoms with van der Waals surface area (Å²) in [4.78, 5) is 12.0. The Balaban J connectivity index is 1.40. The molecular formula is C35H46FN5O2. The second-order valence-corrected chi connectivity index (χ2v) is 12.6. The Labute approximate surface area is 257 Å². The molecule has 2 N–H and O–H groups in total. The maximum Gasteiger partial charge on any atom is 0.317 e. The Bertz CT molecular complexity index is 1670. The highest BCUT2D eigenvalue weighted by atomic mass is 19.1. The third kappa shape index (κ3) is 6.44. The first-order valence-electron chi connectivity index (χ1n) is 17.2. The Morgan fingerprint density at radius 3 is 2.70 bits per heavy atom. The van der Waals surface area contributed by atoms with Gasteiger partial charge in [-0.05, 0) is 80.6 Å². The molecule has 1 saturated carbocycles. The van der Waals surface area contributed by atoms with Crippen LogP contribution in [0.5, 0.6) is 11.8 Å². The van der Waals surface area contributed by atoms with Gasteiger partial charge in [0.05, 0.1) is 32.2 Å². The van der Waals surface area contributed by atoms with E-state index in [0.717, 1.165) is 74.3 Å². The van der Waals surface area contributed by atoms with Crippen molar-refractivity contribution in [3.8, 4) is 11.8 Å². The second-order valence-electron chi connectivity index (χ2n) is 12.6. The average molecular weight is 590 g/mol. The number of unbranched alkanes of at least 4 members (excludes halogenated alkanes) is 3. The van der Waals surface area contributed by atoms with Crippen molar-refractivity contribution in [3.05, 3.63) is 51.9 Å². The molecule has 1 atom stereocenters. The Hall–Kier alpha value is -3.39. The van der Waals surface area contributed by atoms with Gasteiger partial charge in [0.1, 0.15) is 11.6 Å². The van der Waals surface area contributed by atoms with Gasteiger partial charge in [0.25, 0.3) is 0 Å².